The van der Waals surface area contributed by atoms with E-state index >= 15 is 0 Å². The van der Waals surface area contributed by atoms with Crippen LogP contribution in [-0.2, 0) is 0 Å². The Kier molecular flexibility index (Phi) is 5.64. The molecule has 1 aromatic carbocycles. The molecular formula is C20H26N4O. The Morgan fingerprint density at radius 1 is 1.04 bits per heavy atom. The van der Waals surface area contributed by atoms with Gasteiger partial charge in [0.1, 0.15) is 5.69 Å². The second-order valence-electron chi connectivity index (χ2n) is 6.93. The predicted molar refractivity (Wildman–Crippen MR) is 101 cm³/mol. The molecule has 3 rings (SSSR count). The first-order valence-corrected chi connectivity index (χ1v) is 9.09. The molecule has 1 aliphatic rings. The predicted octanol–water partition coefficient (Wildman–Crippen LogP) is 4.48. The van der Waals surface area contributed by atoms with Crippen molar-refractivity contribution in [1.29, 1.82) is 0 Å². The fourth-order valence-electron chi connectivity index (χ4n) is 3.40. The van der Waals surface area contributed by atoms with E-state index < -0.39 is 0 Å². The van der Waals surface area contributed by atoms with E-state index in [-0.39, 0.29) is 5.91 Å². The summed E-state index contributed by atoms with van der Waals surface area (Å²) in [7, 11) is 0. The van der Waals surface area contributed by atoms with Crippen molar-refractivity contribution < 1.29 is 4.79 Å². The molecule has 5 nitrogen and oxygen atoms in total. The van der Waals surface area contributed by atoms with Crippen LogP contribution in [0.15, 0.2) is 30.5 Å². The molecule has 25 heavy (non-hydrogen) atoms. The summed E-state index contributed by atoms with van der Waals surface area (Å²) >= 11 is 0. The molecule has 0 spiro atoms. The van der Waals surface area contributed by atoms with Crippen molar-refractivity contribution in [2.45, 2.75) is 58.4 Å². The topological polar surface area (TPSA) is 66.9 Å². The van der Waals surface area contributed by atoms with E-state index in [9.17, 15) is 4.79 Å². The molecule has 5 heteroatoms. The normalized spacial score (nSPS) is 15.4. The summed E-state index contributed by atoms with van der Waals surface area (Å²) in [6, 6.07) is 8.04. The summed E-state index contributed by atoms with van der Waals surface area (Å²) in [4.78, 5) is 21.2. The molecule has 132 valence electrons. The van der Waals surface area contributed by atoms with Crippen LogP contribution < -0.4 is 10.6 Å². The Bertz CT molecular complexity index is 716. The van der Waals surface area contributed by atoms with Crippen LogP contribution in [0.25, 0.3) is 0 Å². The molecule has 1 amide bonds. The highest BCUT2D eigenvalue weighted by Gasteiger charge is 2.15. The van der Waals surface area contributed by atoms with Gasteiger partial charge in [-0.2, -0.15) is 0 Å². The Balaban J connectivity index is 1.68. The minimum absolute atomic E-state index is 0.212. The zero-order chi connectivity index (χ0) is 17.6. The average molecular weight is 338 g/mol. The van der Waals surface area contributed by atoms with Crippen molar-refractivity contribution in [3.05, 3.63) is 47.3 Å². The van der Waals surface area contributed by atoms with Crippen LogP contribution in [0.3, 0.4) is 0 Å². The van der Waals surface area contributed by atoms with Crippen LogP contribution in [0, 0.1) is 13.8 Å². The number of rotatable bonds is 4. The van der Waals surface area contributed by atoms with Gasteiger partial charge >= 0.3 is 0 Å². The van der Waals surface area contributed by atoms with E-state index in [2.05, 4.69) is 26.7 Å². The number of amides is 1. The van der Waals surface area contributed by atoms with Gasteiger partial charge in [0.15, 0.2) is 0 Å². The largest absolute Gasteiger partial charge is 0.351 e. The van der Waals surface area contributed by atoms with E-state index in [1.165, 1.54) is 25.7 Å². The smallest absolute Gasteiger partial charge is 0.274 e. The minimum atomic E-state index is -0.212. The third kappa shape index (κ3) is 5.02. The van der Waals surface area contributed by atoms with Gasteiger partial charge < -0.3 is 10.6 Å². The molecule has 0 atom stereocenters. The molecule has 2 aromatic rings. The fourth-order valence-corrected chi connectivity index (χ4v) is 3.40. The van der Waals surface area contributed by atoms with Gasteiger partial charge in [-0.1, -0.05) is 31.7 Å². The first-order chi connectivity index (χ1) is 12.1. The molecule has 1 aromatic heterocycles. The van der Waals surface area contributed by atoms with Gasteiger partial charge in [0.2, 0.25) is 5.95 Å². The van der Waals surface area contributed by atoms with Crippen molar-refractivity contribution in [2.24, 2.45) is 0 Å². The lowest BCUT2D eigenvalue weighted by molar-refractivity contribution is 0.102. The third-order valence-corrected chi connectivity index (χ3v) is 4.56. The summed E-state index contributed by atoms with van der Waals surface area (Å²) < 4.78 is 0. The van der Waals surface area contributed by atoms with Crippen LogP contribution >= 0.6 is 0 Å². The zero-order valence-corrected chi connectivity index (χ0v) is 15.0. The molecule has 0 radical (unpaired) electrons. The second-order valence-corrected chi connectivity index (χ2v) is 6.93. The maximum Gasteiger partial charge on any atom is 0.274 e. The van der Waals surface area contributed by atoms with Crippen molar-refractivity contribution in [2.75, 3.05) is 10.6 Å². The van der Waals surface area contributed by atoms with E-state index in [0.29, 0.717) is 17.7 Å². The second kappa shape index (κ2) is 8.10. The van der Waals surface area contributed by atoms with Crippen molar-refractivity contribution in [3.8, 4) is 0 Å². The highest BCUT2D eigenvalue weighted by molar-refractivity contribution is 6.03. The number of anilines is 2. The first kappa shape index (κ1) is 17.4. The number of nitrogens with zero attached hydrogens (tertiary/aromatic N) is 2. The third-order valence-electron chi connectivity index (χ3n) is 4.56. The Morgan fingerprint density at radius 3 is 2.40 bits per heavy atom. The number of carbonyl (C=O) groups is 1. The van der Waals surface area contributed by atoms with Crippen LogP contribution in [-0.4, -0.2) is 21.9 Å². The van der Waals surface area contributed by atoms with Crippen LogP contribution in [0.5, 0.6) is 0 Å². The Morgan fingerprint density at radius 2 is 1.72 bits per heavy atom. The van der Waals surface area contributed by atoms with Crippen LogP contribution in [0.2, 0.25) is 0 Å². The number of benzene rings is 1. The first-order valence-electron chi connectivity index (χ1n) is 9.09. The van der Waals surface area contributed by atoms with E-state index in [1.54, 1.807) is 12.3 Å². The molecule has 1 saturated carbocycles. The summed E-state index contributed by atoms with van der Waals surface area (Å²) in [5, 5.41) is 6.32. The summed E-state index contributed by atoms with van der Waals surface area (Å²) in [5.74, 6) is 0.330. The van der Waals surface area contributed by atoms with Gasteiger partial charge in [-0.05, 0) is 56.0 Å². The van der Waals surface area contributed by atoms with E-state index in [1.807, 2.05) is 26.0 Å². The Hall–Kier alpha value is -2.43. The molecule has 0 unspecified atom stereocenters. The van der Waals surface area contributed by atoms with Crippen molar-refractivity contribution in [1.82, 2.24) is 9.97 Å². The van der Waals surface area contributed by atoms with Gasteiger partial charge in [-0.3, -0.25) is 4.79 Å². The van der Waals surface area contributed by atoms with Gasteiger partial charge in [0.05, 0.1) is 0 Å². The highest BCUT2D eigenvalue weighted by Crippen LogP contribution is 2.20. The molecule has 1 fully saturated rings. The standard InChI is InChI=1S/C20H26N4O/c1-14-11-15(2)13-17(12-14)22-19(25)18-9-10-21-20(24-18)23-16-7-5-3-4-6-8-16/h9-13,16H,3-8H2,1-2H3,(H,22,25)(H,21,23,24). The summed E-state index contributed by atoms with van der Waals surface area (Å²) in [6.07, 6.45) is 9.01. The van der Waals surface area contributed by atoms with Crippen LogP contribution in [0.1, 0.15) is 60.1 Å². The van der Waals surface area contributed by atoms with Crippen molar-refractivity contribution in [3.63, 3.8) is 0 Å². The molecule has 2 N–H and O–H groups in total. The number of aryl methyl sites for hydroxylation is 2. The molecule has 0 aliphatic heterocycles. The van der Waals surface area contributed by atoms with E-state index in [0.717, 1.165) is 29.7 Å². The lowest BCUT2D eigenvalue weighted by atomic mass is 10.1. The van der Waals surface area contributed by atoms with Gasteiger partial charge in [-0.15, -0.1) is 0 Å². The van der Waals surface area contributed by atoms with Crippen molar-refractivity contribution >= 4 is 17.5 Å². The van der Waals surface area contributed by atoms with Gasteiger partial charge in [0.25, 0.3) is 5.91 Å². The van der Waals surface area contributed by atoms with Crippen LogP contribution in [0.4, 0.5) is 11.6 Å². The molecule has 1 aliphatic carbocycles. The van der Waals surface area contributed by atoms with Gasteiger partial charge in [0, 0.05) is 17.9 Å². The average Bonchev–Trinajstić information content (AvgIpc) is 2.83. The SMILES string of the molecule is Cc1cc(C)cc(NC(=O)c2ccnc(NC3CCCCCC3)n2)c1. The highest BCUT2D eigenvalue weighted by atomic mass is 16.1. The summed E-state index contributed by atoms with van der Waals surface area (Å²) in [6.45, 7) is 4.03. The monoisotopic (exact) mass is 338 g/mol. The lowest BCUT2D eigenvalue weighted by Crippen LogP contribution is -2.21. The summed E-state index contributed by atoms with van der Waals surface area (Å²) in [5.41, 5.74) is 3.41. The zero-order valence-electron chi connectivity index (χ0n) is 15.0. The number of nitrogens with one attached hydrogen (secondary N) is 2. The molecular weight excluding hydrogens is 312 g/mol. The molecule has 0 saturated heterocycles. The molecule has 0 bridgehead atoms. The maximum absolute atomic E-state index is 12.5. The fraction of sp³-hybridized carbons (Fsp3) is 0.450. The lowest BCUT2D eigenvalue weighted by Gasteiger charge is -2.16. The number of hydrogen-bond donors (Lipinski definition) is 2. The Labute approximate surface area is 149 Å². The molecule has 1 heterocycles. The van der Waals surface area contributed by atoms with Gasteiger partial charge in [-0.25, -0.2) is 9.97 Å². The number of aromatic nitrogens is 2. The van der Waals surface area contributed by atoms with E-state index in [4.69, 9.17) is 0 Å². The number of carbonyl (C=O) groups excluding carboxylic acids is 1. The number of hydrogen-bond acceptors (Lipinski definition) is 4. The minimum Gasteiger partial charge on any atom is -0.351 e. The quantitative estimate of drug-likeness (QED) is 0.807. The maximum atomic E-state index is 12.5.